The van der Waals surface area contributed by atoms with Gasteiger partial charge in [-0.05, 0) is 125 Å². The van der Waals surface area contributed by atoms with Crippen molar-refractivity contribution in [1.82, 2.24) is 100 Å². The van der Waals surface area contributed by atoms with Gasteiger partial charge in [0.05, 0.1) is 32.0 Å². The number of para-hydroxylation sites is 1. The van der Waals surface area contributed by atoms with Crippen LogP contribution in [0.5, 0.6) is 0 Å². The third-order valence-electron chi connectivity index (χ3n) is 21.0. The Bertz CT molecular complexity index is 4410. The zero-order valence-electron chi connectivity index (χ0n) is 77.0. The lowest BCUT2D eigenvalue weighted by atomic mass is 9.98. The number of carboxylic acids is 2. The molecule has 36 N–H and O–H groups in total. The molecule has 1 aromatic heterocycles. The number of guanidine groups is 3. The lowest BCUT2D eigenvalue weighted by Crippen LogP contribution is -2.61. The molecular weight excluding hydrogens is 1740 g/mol. The summed E-state index contributed by atoms with van der Waals surface area (Å²) in [6.45, 7) is 16.2. The van der Waals surface area contributed by atoms with E-state index in [1.807, 2.05) is 24.5 Å². The van der Waals surface area contributed by atoms with Gasteiger partial charge >= 0.3 is 11.9 Å². The van der Waals surface area contributed by atoms with Gasteiger partial charge in [-0.1, -0.05) is 87.4 Å². The van der Waals surface area contributed by atoms with E-state index in [0.29, 0.717) is 16.5 Å². The van der Waals surface area contributed by atoms with E-state index in [2.05, 4.69) is 84.7 Å². The molecule has 0 aliphatic carbocycles. The maximum absolute atomic E-state index is 15.0. The average molecular weight is 1880 g/mol. The van der Waals surface area contributed by atoms with Crippen molar-refractivity contribution in [3.05, 3.63) is 36.0 Å². The quantitative estimate of drug-likeness (QED) is 0.0166. The summed E-state index contributed by atoms with van der Waals surface area (Å²) in [5, 5.41) is 95.0. The Morgan fingerprint density at radius 1 is 0.444 bits per heavy atom. The first-order valence-corrected chi connectivity index (χ1v) is 44.0. The second-order valence-corrected chi connectivity index (χ2v) is 34.6. The van der Waals surface area contributed by atoms with Crippen LogP contribution in [-0.2, 0) is 97.5 Å². The first-order chi connectivity index (χ1) is 62.3. The predicted molar refractivity (Wildman–Crippen MR) is 483 cm³/mol. The molecule has 133 heavy (non-hydrogen) atoms. The lowest BCUT2D eigenvalue weighted by molar-refractivity contribution is -0.147. The van der Waals surface area contributed by atoms with Crippen LogP contribution in [0.2, 0.25) is 0 Å². The molecule has 1 saturated heterocycles. The van der Waals surface area contributed by atoms with Gasteiger partial charge in [-0.15, -0.1) is 0 Å². The molecule has 15 atom stereocenters. The number of benzene rings is 1. The molecule has 742 valence electrons. The van der Waals surface area contributed by atoms with Crippen LogP contribution in [0, 0.1) is 45.8 Å². The van der Waals surface area contributed by atoms with Gasteiger partial charge in [0.1, 0.15) is 84.6 Å². The Kier molecular flexibility index (Phi) is 48.6. The number of rotatable bonds is 60. The molecule has 17 amide bonds. The minimum atomic E-state index is -2.03. The summed E-state index contributed by atoms with van der Waals surface area (Å²) < 4.78 is 0. The van der Waals surface area contributed by atoms with Gasteiger partial charge in [0, 0.05) is 56.1 Å². The van der Waals surface area contributed by atoms with Crippen LogP contribution in [0.25, 0.3) is 10.9 Å². The summed E-state index contributed by atoms with van der Waals surface area (Å²) in [7, 11) is 0. The average Bonchev–Trinajstić information content (AvgIpc) is 1.71. The smallest absolute Gasteiger partial charge is 0.326 e. The van der Waals surface area contributed by atoms with Crippen LogP contribution in [0.4, 0.5) is 0 Å². The number of nitrogens with zero attached hydrogens (tertiary/aromatic N) is 1. The fraction of sp³-hybridized carbons (Fsp3) is 0.639. The van der Waals surface area contributed by atoms with E-state index in [9.17, 15) is 101 Å². The summed E-state index contributed by atoms with van der Waals surface area (Å²) in [5.41, 5.74) is 34.7. The molecule has 1 fully saturated rings. The van der Waals surface area contributed by atoms with E-state index < -0.39 is 259 Å². The molecule has 3 rings (SSSR count). The first kappa shape index (κ1) is 114. The number of aromatic nitrogens is 1. The molecule has 0 spiro atoms. The lowest BCUT2D eigenvalue weighted by Gasteiger charge is -2.30. The molecule has 50 nitrogen and oxygen atoms in total. The number of carbonyl (C=O) groups is 19. The number of aromatic amines is 1. The number of carbonyl (C=O) groups excluding carboxylic acids is 17. The zero-order valence-corrected chi connectivity index (χ0v) is 77.0. The van der Waals surface area contributed by atoms with Gasteiger partial charge in [0.15, 0.2) is 17.9 Å². The Hall–Kier alpha value is -13.6. The summed E-state index contributed by atoms with van der Waals surface area (Å²) in [4.78, 5) is 265. The zero-order chi connectivity index (χ0) is 100. The van der Waals surface area contributed by atoms with Crippen molar-refractivity contribution >= 4 is 141 Å². The molecule has 1 aliphatic rings. The Morgan fingerprint density at radius 2 is 0.872 bits per heavy atom. The number of nitrogens with one attached hydrogen (secondary N) is 21. The highest BCUT2D eigenvalue weighted by molar-refractivity contribution is 6.02. The van der Waals surface area contributed by atoms with Crippen LogP contribution < -0.4 is 125 Å². The molecular formula is C83H138N28O22. The number of nitrogens with two attached hydrogens (primary N) is 6. The van der Waals surface area contributed by atoms with Crippen LogP contribution in [0.15, 0.2) is 30.5 Å². The number of likely N-dealkylation sites (tertiary alicyclic amines) is 1. The summed E-state index contributed by atoms with van der Waals surface area (Å²) in [6.07, 6.45) is -1.96. The number of primary amides is 2. The monoisotopic (exact) mass is 1880 g/mol. The van der Waals surface area contributed by atoms with Crippen LogP contribution >= 0.6 is 0 Å². The third kappa shape index (κ3) is 41.2. The molecule has 1 aromatic carbocycles. The molecule has 0 saturated carbocycles. The number of H-pyrrole nitrogens is 1. The third-order valence-corrected chi connectivity index (χ3v) is 21.0. The number of fused-ring (bicyclic) bond motifs is 1. The normalized spacial score (nSPS) is 15.5. The van der Waals surface area contributed by atoms with Crippen molar-refractivity contribution in [2.75, 3.05) is 39.3 Å². The maximum atomic E-state index is 15.0. The van der Waals surface area contributed by atoms with Gasteiger partial charge in [0.2, 0.25) is 100 Å². The fourth-order valence-electron chi connectivity index (χ4n) is 14.0. The highest BCUT2D eigenvalue weighted by Gasteiger charge is 2.42. The Labute approximate surface area is 769 Å². The largest absolute Gasteiger partial charge is 0.481 e. The predicted octanol–water partition coefficient (Wildman–Crippen LogP) is -7.60. The standard InChI is InChI=1S/C83H138N28O22/c1-39(2)30-52(106-77(129)64(86)42(7)8)71(123)98-44(11)66(118)100-50(24-25-60(84)113)69(121)103-54(32-41(5)6)73(125)104-53(31-40(3)4)72(124)101-49(21-15-27-94-82(89)90)70(122)110-65(43(9)10)78(130)107-55(33-45-36-96-47-19-13-12-18-46(45)47)67(119)97-37-62(115)99-51(22-16-28-95-83(91)92)79(131)111-29-17-23-59(111)76(128)102-48(20-14-26-93-81(87)88)68(120)105-56(34-61(85)114)74(126)109-58(38-112)75(127)108-57(80(132)133)35-63(116)117/h12-13,18-19,36,39-44,48-59,64-65,96,112H,14-17,20-35,37-38,86H2,1-11H3,(H2,84,113)(H2,85,114)(H,97,119)(H,98,123)(H,99,115)(H,100,118)(H,101,124)(H,102,128)(H,103,121)(H,104,125)(H,105,120)(H,106,129)(H,107,130)(H,108,127)(H,109,126)(H,110,122)(H,116,117)(H,132,133)(H4,87,88,93)(H4,89,90,94)(H4,91,92,95)/t44-,48-,49-,50-,51-,52-,53-,54-,55-,56-,57-,58-,59-,64-,65-/m0/s1. The number of hydrogen-bond acceptors (Lipinski definition) is 24. The molecule has 0 bridgehead atoms. The van der Waals surface area contributed by atoms with Crippen molar-refractivity contribution in [3.8, 4) is 0 Å². The molecule has 2 aromatic rings. The van der Waals surface area contributed by atoms with E-state index in [1.165, 1.54) is 6.92 Å². The maximum Gasteiger partial charge on any atom is 0.326 e. The molecule has 50 heteroatoms. The SMILES string of the molecule is CC(C)C[C@H](NC(=O)[C@H](CCC(N)=O)NC(=O)[C@H](C)NC(=O)[C@H](CC(C)C)NC(=O)[C@@H](N)C(C)C)C(=O)N[C@@H](CC(C)C)C(=O)N[C@@H](CCCNC(=N)N)C(=O)N[C@H](C(=O)N[C@@H](Cc1c[nH]c2ccccc12)C(=O)NCC(=O)N[C@@H](CCCNC(=N)N)C(=O)N1CCC[C@H]1C(=O)N[C@@H](CCCNC(=N)N)C(=O)N[C@@H](CC(N)=O)C(=O)N[C@@H](CO)C(=O)N[C@@H](CC(=O)O)C(=O)O)C(C)C. The van der Waals surface area contributed by atoms with Crippen molar-refractivity contribution < 1.29 is 106 Å². The van der Waals surface area contributed by atoms with Crippen LogP contribution in [-0.4, -0.2) is 285 Å². The van der Waals surface area contributed by atoms with Crippen molar-refractivity contribution in [3.63, 3.8) is 0 Å². The minimum absolute atomic E-state index is 0.00196. The van der Waals surface area contributed by atoms with E-state index >= 15 is 0 Å². The van der Waals surface area contributed by atoms with E-state index in [-0.39, 0.29) is 133 Å². The molecule has 1 aliphatic heterocycles. The highest BCUT2D eigenvalue weighted by Crippen LogP contribution is 2.23. The summed E-state index contributed by atoms with van der Waals surface area (Å²) >= 11 is 0. The molecule has 2 heterocycles. The van der Waals surface area contributed by atoms with Crippen molar-refractivity contribution in [2.45, 2.75) is 270 Å². The number of carboxylic acid groups (broad SMARTS) is 2. The van der Waals surface area contributed by atoms with Gasteiger partial charge < -0.3 is 150 Å². The summed E-state index contributed by atoms with van der Waals surface area (Å²) in [5.74, 6) is -23.1. The first-order valence-electron chi connectivity index (χ1n) is 44.0. The number of aliphatic hydroxyl groups is 1. The van der Waals surface area contributed by atoms with Crippen LogP contribution in [0.3, 0.4) is 0 Å². The minimum Gasteiger partial charge on any atom is -0.481 e. The van der Waals surface area contributed by atoms with Gasteiger partial charge in [-0.3, -0.25) is 103 Å². The van der Waals surface area contributed by atoms with Gasteiger partial charge in [-0.25, -0.2) is 4.79 Å². The number of amides is 17. The Morgan fingerprint density at radius 3 is 1.35 bits per heavy atom. The second-order valence-electron chi connectivity index (χ2n) is 34.6. The number of hydrogen-bond donors (Lipinski definition) is 30. The topological polar surface area (TPSA) is 836 Å². The molecule has 0 unspecified atom stereocenters. The number of aliphatic carboxylic acids is 2. The Balaban J connectivity index is 2.00. The highest BCUT2D eigenvalue weighted by atomic mass is 16.4. The fourth-order valence-corrected chi connectivity index (χ4v) is 14.0. The van der Waals surface area contributed by atoms with Gasteiger partial charge in [-0.2, -0.15) is 0 Å². The van der Waals surface area contributed by atoms with Gasteiger partial charge in [0.25, 0.3) is 0 Å². The van der Waals surface area contributed by atoms with Crippen molar-refractivity contribution in [2.24, 2.45) is 64.0 Å². The second kappa shape index (κ2) is 56.9. The molecule has 0 radical (unpaired) electrons. The number of aliphatic hydroxyl groups excluding tert-OH is 1. The van der Waals surface area contributed by atoms with E-state index in [1.54, 1.807) is 85.9 Å². The van der Waals surface area contributed by atoms with Crippen molar-refractivity contribution in [1.29, 1.82) is 16.2 Å². The van der Waals surface area contributed by atoms with E-state index in [4.69, 9.17) is 55.7 Å². The summed E-state index contributed by atoms with van der Waals surface area (Å²) in [6, 6.07) is -15.9. The van der Waals surface area contributed by atoms with Crippen LogP contribution in [0.1, 0.15) is 178 Å². The van der Waals surface area contributed by atoms with E-state index in [0.717, 1.165) is 4.90 Å².